The van der Waals surface area contributed by atoms with Gasteiger partial charge in [0.1, 0.15) is 0 Å². The number of carbonyl (C=O) groups is 2. The number of unbranched alkanes of at least 4 members (excludes halogenated alkanes) is 2. The molecule has 0 fully saturated rings. The smallest absolute Gasteiger partial charge is 0.157 e. The van der Waals surface area contributed by atoms with Crippen molar-refractivity contribution in [3.63, 3.8) is 0 Å². The molecule has 0 aromatic heterocycles. The molecule has 0 rings (SSSR count). The maximum absolute atomic E-state index is 13.2. The minimum atomic E-state index is -0.530. The number of ketones is 2. The van der Waals surface area contributed by atoms with Gasteiger partial charge in [0.25, 0.3) is 0 Å². The standard InChI is InChI=1S/C30H58N2O2/c1-25(2,3)23(33)29(13,31-27(7,8)9)21-19-17-15-16-18-20-22-30(14,32-28(10,11)12)24(34)26(4,5)6/h15-16,31-32H,17-22H2,1-14H3/b16-15+/t29-,30+. The van der Waals surface area contributed by atoms with Gasteiger partial charge in [-0.15, -0.1) is 0 Å². The van der Waals surface area contributed by atoms with Gasteiger partial charge >= 0.3 is 0 Å². The van der Waals surface area contributed by atoms with E-state index in [-0.39, 0.29) is 33.5 Å². The summed E-state index contributed by atoms with van der Waals surface area (Å²) in [4.78, 5) is 26.3. The van der Waals surface area contributed by atoms with Crippen LogP contribution in [0.1, 0.15) is 135 Å². The molecule has 4 nitrogen and oxygen atoms in total. The molecular weight excluding hydrogens is 420 g/mol. The van der Waals surface area contributed by atoms with Crippen molar-refractivity contribution < 1.29 is 9.59 Å². The molecular formula is C30H58N2O2. The molecule has 0 aliphatic carbocycles. The number of nitrogens with one attached hydrogen (secondary N) is 2. The van der Waals surface area contributed by atoms with Gasteiger partial charge in [0.15, 0.2) is 11.6 Å². The minimum absolute atomic E-state index is 0.121. The van der Waals surface area contributed by atoms with E-state index in [1.807, 2.05) is 41.5 Å². The summed E-state index contributed by atoms with van der Waals surface area (Å²) in [5.74, 6) is 0.543. The van der Waals surface area contributed by atoms with E-state index in [9.17, 15) is 9.59 Å². The molecule has 0 heterocycles. The number of hydrogen-bond donors (Lipinski definition) is 2. The predicted molar refractivity (Wildman–Crippen MR) is 148 cm³/mol. The van der Waals surface area contributed by atoms with Gasteiger partial charge in [-0.05, 0) is 93.9 Å². The highest BCUT2D eigenvalue weighted by molar-refractivity contribution is 5.93. The Kier molecular flexibility index (Phi) is 11.5. The van der Waals surface area contributed by atoms with Crippen molar-refractivity contribution in [2.24, 2.45) is 10.8 Å². The average Bonchev–Trinajstić information content (AvgIpc) is 2.58. The van der Waals surface area contributed by atoms with Crippen molar-refractivity contribution in [3.8, 4) is 0 Å². The number of rotatable bonds is 12. The first-order valence-corrected chi connectivity index (χ1v) is 13.3. The fraction of sp³-hybridized carbons (Fsp3) is 0.867. The van der Waals surface area contributed by atoms with Crippen LogP contribution in [0.15, 0.2) is 12.2 Å². The van der Waals surface area contributed by atoms with Crippen LogP contribution in [0.2, 0.25) is 0 Å². The van der Waals surface area contributed by atoms with Crippen LogP contribution < -0.4 is 10.6 Å². The van der Waals surface area contributed by atoms with Crippen molar-refractivity contribution >= 4 is 11.6 Å². The average molecular weight is 479 g/mol. The lowest BCUT2D eigenvalue weighted by Crippen LogP contribution is -2.59. The maximum Gasteiger partial charge on any atom is 0.157 e. The van der Waals surface area contributed by atoms with Gasteiger partial charge in [0.05, 0.1) is 11.1 Å². The van der Waals surface area contributed by atoms with E-state index in [0.717, 1.165) is 38.5 Å². The fourth-order valence-corrected chi connectivity index (χ4v) is 5.16. The second kappa shape index (κ2) is 11.8. The largest absolute Gasteiger partial charge is 0.300 e. The lowest BCUT2D eigenvalue weighted by Gasteiger charge is -2.40. The van der Waals surface area contributed by atoms with E-state index in [1.165, 1.54) is 0 Å². The Balaban J connectivity index is 4.92. The molecule has 34 heavy (non-hydrogen) atoms. The third kappa shape index (κ3) is 12.1. The van der Waals surface area contributed by atoms with Gasteiger partial charge in [0.2, 0.25) is 0 Å². The first-order valence-electron chi connectivity index (χ1n) is 13.3. The van der Waals surface area contributed by atoms with Gasteiger partial charge in [-0.25, -0.2) is 0 Å². The van der Waals surface area contributed by atoms with Crippen LogP contribution in [0.3, 0.4) is 0 Å². The summed E-state index contributed by atoms with van der Waals surface area (Å²) >= 11 is 0. The molecule has 0 radical (unpaired) electrons. The SMILES string of the molecule is CC(C)(C)N[C@](C)(CCC/C=C/CCC[C@](C)(NC(C)(C)C)C(=O)C(C)(C)C)C(=O)C(C)(C)C. The summed E-state index contributed by atoms with van der Waals surface area (Å²) < 4.78 is 0. The molecule has 0 saturated heterocycles. The Morgan fingerprint density at radius 1 is 0.529 bits per heavy atom. The quantitative estimate of drug-likeness (QED) is 0.226. The minimum Gasteiger partial charge on any atom is -0.300 e. The molecule has 0 aromatic rings. The lowest BCUT2D eigenvalue weighted by atomic mass is 9.75. The summed E-state index contributed by atoms with van der Waals surface area (Å²) in [6, 6.07) is 0. The van der Waals surface area contributed by atoms with Gasteiger partial charge in [-0.3, -0.25) is 9.59 Å². The number of allylic oxidation sites excluding steroid dienone is 2. The molecule has 0 spiro atoms. The van der Waals surface area contributed by atoms with Crippen molar-refractivity contribution in [1.82, 2.24) is 10.6 Å². The Morgan fingerprint density at radius 3 is 1.00 bits per heavy atom. The van der Waals surface area contributed by atoms with Gasteiger partial charge < -0.3 is 10.6 Å². The van der Waals surface area contributed by atoms with Crippen LogP contribution >= 0.6 is 0 Å². The van der Waals surface area contributed by atoms with E-state index in [0.29, 0.717) is 0 Å². The molecule has 2 atom stereocenters. The Hall–Kier alpha value is -1.00. The molecule has 0 amide bonds. The third-order valence-electron chi connectivity index (χ3n) is 5.93. The van der Waals surface area contributed by atoms with Crippen LogP contribution in [0.25, 0.3) is 0 Å². The maximum atomic E-state index is 13.2. The topological polar surface area (TPSA) is 58.2 Å². The molecule has 0 aromatic carbocycles. The van der Waals surface area contributed by atoms with E-state index in [1.54, 1.807) is 0 Å². The second-order valence-electron chi connectivity index (χ2n) is 14.8. The third-order valence-corrected chi connectivity index (χ3v) is 5.93. The highest BCUT2D eigenvalue weighted by atomic mass is 16.1. The van der Waals surface area contributed by atoms with E-state index in [2.05, 4.69) is 78.2 Å². The first kappa shape index (κ1) is 33.0. The second-order valence-corrected chi connectivity index (χ2v) is 14.8. The highest BCUT2D eigenvalue weighted by Gasteiger charge is 2.42. The first-order chi connectivity index (χ1) is 14.9. The molecule has 0 aliphatic heterocycles. The van der Waals surface area contributed by atoms with Crippen molar-refractivity contribution in [2.75, 3.05) is 0 Å². The van der Waals surface area contributed by atoms with Crippen molar-refractivity contribution in [2.45, 2.75) is 158 Å². The number of Topliss-reactive ketones (excluding diaryl/α,β-unsaturated/α-hetero) is 2. The molecule has 0 saturated carbocycles. The highest BCUT2D eigenvalue weighted by Crippen LogP contribution is 2.30. The molecule has 0 aliphatic rings. The van der Waals surface area contributed by atoms with Crippen LogP contribution in [0.5, 0.6) is 0 Å². The molecule has 4 heteroatoms. The monoisotopic (exact) mass is 478 g/mol. The van der Waals surface area contributed by atoms with E-state index < -0.39 is 11.1 Å². The molecule has 200 valence electrons. The van der Waals surface area contributed by atoms with Crippen molar-refractivity contribution in [3.05, 3.63) is 12.2 Å². The predicted octanol–water partition coefficient (Wildman–Crippen LogP) is 7.41. The van der Waals surface area contributed by atoms with Crippen LogP contribution in [0, 0.1) is 10.8 Å². The van der Waals surface area contributed by atoms with E-state index in [4.69, 9.17) is 0 Å². The molecule has 0 bridgehead atoms. The number of carbonyl (C=O) groups excluding carboxylic acids is 2. The molecule has 0 unspecified atom stereocenters. The Bertz CT molecular complexity index is 635. The lowest BCUT2D eigenvalue weighted by molar-refractivity contribution is -0.134. The van der Waals surface area contributed by atoms with Crippen molar-refractivity contribution in [1.29, 1.82) is 0 Å². The zero-order chi connectivity index (χ0) is 27.2. The van der Waals surface area contributed by atoms with Gasteiger partial charge in [0, 0.05) is 21.9 Å². The summed E-state index contributed by atoms with van der Waals surface area (Å²) in [6.45, 7) is 28.9. The van der Waals surface area contributed by atoms with Crippen LogP contribution in [0.4, 0.5) is 0 Å². The summed E-state index contributed by atoms with van der Waals surface area (Å²) in [5.41, 5.74) is -2.05. The van der Waals surface area contributed by atoms with Crippen LogP contribution in [-0.4, -0.2) is 33.7 Å². The summed E-state index contributed by atoms with van der Waals surface area (Å²) in [7, 11) is 0. The van der Waals surface area contributed by atoms with Crippen LogP contribution in [-0.2, 0) is 9.59 Å². The normalized spacial score (nSPS) is 17.5. The summed E-state index contributed by atoms with van der Waals surface area (Å²) in [6.07, 6.45) is 9.94. The zero-order valence-electron chi connectivity index (χ0n) is 25.2. The fourth-order valence-electron chi connectivity index (χ4n) is 5.16. The summed E-state index contributed by atoms with van der Waals surface area (Å²) in [5, 5.41) is 7.19. The molecule has 2 N–H and O–H groups in total. The Labute approximate surface area is 212 Å². The van der Waals surface area contributed by atoms with Gasteiger partial charge in [-0.2, -0.15) is 0 Å². The number of hydrogen-bond acceptors (Lipinski definition) is 4. The Morgan fingerprint density at radius 2 is 0.794 bits per heavy atom. The van der Waals surface area contributed by atoms with E-state index >= 15 is 0 Å². The van der Waals surface area contributed by atoms with Gasteiger partial charge in [-0.1, -0.05) is 53.7 Å². The zero-order valence-corrected chi connectivity index (χ0v) is 25.2.